The molecule has 2 aromatic heterocycles. The van der Waals surface area contributed by atoms with Crippen LogP contribution in [0.3, 0.4) is 0 Å². The number of hydrogen-bond donors (Lipinski definition) is 0. The number of aryl methyl sites for hydroxylation is 2. The Morgan fingerprint density at radius 1 is 0.475 bits per heavy atom. The highest BCUT2D eigenvalue weighted by Crippen LogP contribution is 2.42. The quantitative estimate of drug-likeness (QED) is 0.131. The zero-order chi connectivity index (χ0) is 41.5. The molecular formula is C54H57N5. The van der Waals surface area contributed by atoms with E-state index in [0.29, 0.717) is 23.7 Å². The van der Waals surface area contributed by atoms with Crippen LogP contribution in [0.15, 0.2) is 140 Å². The number of imidazole rings is 2. The first-order chi connectivity index (χ1) is 28.4. The van der Waals surface area contributed by atoms with Crippen LogP contribution < -0.4 is 4.90 Å². The number of hydrogen-bond acceptors (Lipinski definition) is 3. The van der Waals surface area contributed by atoms with E-state index in [9.17, 15) is 0 Å². The molecule has 0 radical (unpaired) electrons. The average molecular weight is 776 g/mol. The van der Waals surface area contributed by atoms with Gasteiger partial charge in [-0.1, -0.05) is 122 Å². The summed E-state index contributed by atoms with van der Waals surface area (Å²) in [6.45, 7) is 22.7. The lowest BCUT2D eigenvalue weighted by Gasteiger charge is -2.28. The molecular weight excluding hydrogens is 719 g/mol. The van der Waals surface area contributed by atoms with Crippen LogP contribution in [0.25, 0.3) is 45.2 Å². The SMILES string of the molecule is Cc1cc(-c2nccn2-c2c(C(C)C)cccc2C(C)C)cc(N(c2ccccc2)c2cc(C)cc(-c3nc4ccccc4n3-c3c(C(C)C)cccc3C(C)C)c2)c1. The van der Waals surface area contributed by atoms with Crippen molar-refractivity contribution in [2.75, 3.05) is 4.90 Å². The maximum atomic E-state index is 5.42. The van der Waals surface area contributed by atoms with Crippen molar-refractivity contribution in [3.8, 4) is 34.2 Å². The summed E-state index contributed by atoms with van der Waals surface area (Å²) in [5, 5.41) is 0. The summed E-state index contributed by atoms with van der Waals surface area (Å²) in [5.74, 6) is 3.26. The summed E-state index contributed by atoms with van der Waals surface area (Å²) in [4.78, 5) is 12.9. The van der Waals surface area contributed by atoms with E-state index in [4.69, 9.17) is 9.97 Å². The number of benzene rings is 6. The van der Waals surface area contributed by atoms with Crippen molar-refractivity contribution in [2.24, 2.45) is 0 Å². The minimum Gasteiger partial charge on any atom is -0.310 e. The molecule has 6 aromatic carbocycles. The lowest BCUT2D eigenvalue weighted by atomic mass is 9.92. The fraction of sp³-hybridized carbons (Fsp3) is 0.259. The Balaban J connectivity index is 1.34. The fourth-order valence-corrected chi connectivity index (χ4v) is 8.77. The Bertz CT molecular complexity index is 2710. The summed E-state index contributed by atoms with van der Waals surface area (Å²) < 4.78 is 4.74. The van der Waals surface area contributed by atoms with E-state index in [0.717, 1.165) is 62.0 Å². The molecule has 8 rings (SSSR count). The molecule has 0 bridgehead atoms. The highest BCUT2D eigenvalue weighted by atomic mass is 15.1. The van der Waals surface area contributed by atoms with Gasteiger partial charge >= 0.3 is 0 Å². The molecule has 0 fully saturated rings. The topological polar surface area (TPSA) is 38.9 Å². The van der Waals surface area contributed by atoms with Crippen LogP contribution in [-0.2, 0) is 0 Å². The molecule has 0 aliphatic rings. The standard InChI is InChI=1S/C54H57N5/c1-34(2)45-20-16-21-46(35(3)4)51(45)57-27-26-55-53(57)40-28-38(9)30-43(32-40)58(42-18-12-11-13-19-42)44-31-39(10)29-41(33-44)54-56-49-24-14-15-25-50(49)59(54)52-47(36(5)6)22-17-23-48(52)37(7)8/h11-37H,1-10H3. The normalized spacial score (nSPS) is 11.8. The minimum absolute atomic E-state index is 0.335. The molecule has 5 heteroatoms. The van der Waals surface area contributed by atoms with Gasteiger partial charge in [0.05, 0.1) is 22.4 Å². The third-order valence-corrected chi connectivity index (χ3v) is 11.5. The molecule has 0 aliphatic carbocycles. The molecule has 2 heterocycles. The number of aromatic nitrogens is 4. The highest BCUT2D eigenvalue weighted by molar-refractivity contribution is 5.87. The van der Waals surface area contributed by atoms with Gasteiger partial charge in [0.15, 0.2) is 0 Å². The molecule has 0 spiro atoms. The maximum absolute atomic E-state index is 5.42. The molecule has 8 aromatic rings. The Hall–Kier alpha value is -6.20. The van der Waals surface area contributed by atoms with Crippen LogP contribution in [0.1, 0.15) is 112 Å². The predicted octanol–water partition coefficient (Wildman–Crippen LogP) is 15.1. The predicted molar refractivity (Wildman–Crippen MR) is 250 cm³/mol. The Kier molecular flexibility index (Phi) is 10.9. The zero-order valence-corrected chi connectivity index (χ0v) is 36.3. The van der Waals surface area contributed by atoms with E-state index in [2.05, 4.69) is 217 Å². The Morgan fingerprint density at radius 3 is 1.51 bits per heavy atom. The molecule has 0 N–H and O–H groups in total. The van der Waals surface area contributed by atoms with Gasteiger partial charge < -0.3 is 4.90 Å². The largest absolute Gasteiger partial charge is 0.310 e. The van der Waals surface area contributed by atoms with Crippen LogP contribution in [0, 0.1) is 13.8 Å². The number of rotatable bonds is 11. The molecule has 0 amide bonds. The van der Waals surface area contributed by atoms with Gasteiger partial charge in [-0.2, -0.15) is 0 Å². The lowest BCUT2D eigenvalue weighted by molar-refractivity contribution is 0.806. The van der Waals surface area contributed by atoms with Crippen molar-refractivity contribution in [3.05, 3.63) is 173 Å². The Morgan fingerprint density at radius 2 is 0.966 bits per heavy atom. The first kappa shape index (κ1) is 39.6. The van der Waals surface area contributed by atoms with Gasteiger partial charge in [0, 0.05) is 40.6 Å². The second-order valence-electron chi connectivity index (χ2n) is 17.4. The minimum atomic E-state index is 0.335. The third-order valence-electron chi connectivity index (χ3n) is 11.5. The molecule has 0 aliphatic heterocycles. The highest BCUT2D eigenvalue weighted by Gasteiger charge is 2.25. The fourth-order valence-electron chi connectivity index (χ4n) is 8.77. The van der Waals surface area contributed by atoms with Crippen LogP contribution >= 0.6 is 0 Å². The van der Waals surface area contributed by atoms with E-state index < -0.39 is 0 Å². The van der Waals surface area contributed by atoms with Gasteiger partial charge in [-0.15, -0.1) is 0 Å². The second kappa shape index (κ2) is 16.2. The summed E-state index contributed by atoms with van der Waals surface area (Å²) in [7, 11) is 0. The smallest absolute Gasteiger partial charge is 0.145 e. The first-order valence-electron chi connectivity index (χ1n) is 21.3. The van der Waals surface area contributed by atoms with E-state index in [1.54, 1.807) is 0 Å². The average Bonchev–Trinajstić information content (AvgIpc) is 3.86. The summed E-state index contributed by atoms with van der Waals surface area (Å²) in [6, 6.07) is 46.6. The first-order valence-corrected chi connectivity index (χ1v) is 21.3. The zero-order valence-electron chi connectivity index (χ0n) is 36.3. The van der Waals surface area contributed by atoms with E-state index >= 15 is 0 Å². The molecule has 59 heavy (non-hydrogen) atoms. The summed E-state index contributed by atoms with van der Waals surface area (Å²) in [5.41, 5.74) is 17.5. The van der Waals surface area contributed by atoms with Crippen molar-refractivity contribution in [1.82, 2.24) is 19.1 Å². The molecule has 0 atom stereocenters. The van der Waals surface area contributed by atoms with Gasteiger partial charge in [0.1, 0.15) is 11.6 Å². The van der Waals surface area contributed by atoms with Gasteiger partial charge in [-0.3, -0.25) is 9.13 Å². The number of para-hydroxylation sites is 5. The van der Waals surface area contributed by atoms with Crippen molar-refractivity contribution in [2.45, 2.75) is 92.9 Å². The maximum Gasteiger partial charge on any atom is 0.145 e. The second-order valence-corrected chi connectivity index (χ2v) is 17.4. The van der Waals surface area contributed by atoms with Gasteiger partial charge in [0.2, 0.25) is 0 Å². The molecule has 0 saturated heterocycles. The lowest BCUT2D eigenvalue weighted by Crippen LogP contribution is -2.12. The Labute approximate surface area is 351 Å². The van der Waals surface area contributed by atoms with Gasteiger partial charge in [-0.05, 0) is 132 Å². The van der Waals surface area contributed by atoms with Crippen LogP contribution in [0.2, 0.25) is 0 Å². The molecule has 0 unspecified atom stereocenters. The molecule has 0 saturated carbocycles. The number of fused-ring (bicyclic) bond motifs is 1. The van der Waals surface area contributed by atoms with Crippen LogP contribution in [-0.4, -0.2) is 19.1 Å². The van der Waals surface area contributed by atoms with Gasteiger partial charge in [-0.25, -0.2) is 9.97 Å². The number of anilines is 3. The van der Waals surface area contributed by atoms with E-state index in [-0.39, 0.29) is 0 Å². The monoisotopic (exact) mass is 775 g/mol. The summed E-state index contributed by atoms with van der Waals surface area (Å²) >= 11 is 0. The molecule has 298 valence electrons. The molecule has 5 nitrogen and oxygen atoms in total. The van der Waals surface area contributed by atoms with Gasteiger partial charge in [0.25, 0.3) is 0 Å². The van der Waals surface area contributed by atoms with Crippen LogP contribution in [0.5, 0.6) is 0 Å². The number of nitrogens with zero attached hydrogens (tertiary/aromatic N) is 5. The van der Waals surface area contributed by atoms with E-state index in [1.165, 1.54) is 33.6 Å². The van der Waals surface area contributed by atoms with Crippen molar-refractivity contribution in [1.29, 1.82) is 0 Å². The van der Waals surface area contributed by atoms with Crippen LogP contribution in [0.4, 0.5) is 17.1 Å². The van der Waals surface area contributed by atoms with Crippen molar-refractivity contribution >= 4 is 28.1 Å². The van der Waals surface area contributed by atoms with Crippen molar-refractivity contribution in [3.63, 3.8) is 0 Å². The van der Waals surface area contributed by atoms with E-state index in [1.807, 2.05) is 6.20 Å². The van der Waals surface area contributed by atoms with Crippen molar-refractivity contribution < 1.29 is 0 Å². The third kappa shape index (κ3) is 7.51. The summed E-state index contributed by atoms with van der Waals surface area (Å²) in [6.07, 6.45) is 4.06.